The molecule has 1 aromatic rings. The summed E-state index contributed by atoms with van der Waals surface area (Å²) in [7, 11) is 2.97. The van der Waals surface area contributed by atoms with Gasteiger partial charge in [0.25, 0.3) is 5.91 Å². The lowest BCUT2D eigenvalue weighted by Crippen LogP contribution is -2.48. The number of hydrogen-bond donors (Lipinski definition) is 2. The largest absolute Gasteiger partial charge is 0.480 e. The standard InChI is InChI=1S/C11H16N2O4/c1-7-4-5-8(17-7)6-13(3)10(14)9(12-2)11(15)16/h4-5,9,12H,6H2,1-3H3,(H,15,16). The van der Waals surface area contributed by atoms with Crippen LogP contribution >= 0.6 is 0 Å². The third-order valence-corrected chi connectivity index (χ3v) is 2.35. The monoisotopic (exact) mass is 240 g/mol. The molecule has 94 valence electrons. The molecular weight excluding hydrogens is 224 g/mol. The van der Waals surface area contributed by atoms with Crippen molar-refractivity contribution in [3.63, 3.8) is 0 Å². The fourth-order valence-corrected chi connectivity index (χ4v) is 1.45. The number of nitrogens with zero attached hydrogens (tertiary/aromatic N) is 1. The van der Waals surface area contributed by atoms with E-state index in [2.05, 4.69) is 5.32 Å². The van der Waals surface area contributed by atoms with E-state index >= 15 is 0 Å². The second-order valence-electron chi connectivity index (χ2n) is 3.77. The number of likely N-dealkylation sites (N-methyl/N-ethyl adjacent to an activating group) is 2. The number of rotatable bonds is 5. The molecule has 2 N–H and O–H groups in total. The zero-order chi connectivity index (χ0) is 13.0. The number of carbonyl (C=O) groups excluding carboxylic acids is 1. The predicted octanol–water partition coefficient (Wildman–Crippen LogP) is 0.219. The molecular formula is C11H16N2O4. The molecule has 0 bridgehead atoms. The maximum Gasteiger partial charge on any atom is 0.330 e. The average molecular weight is 240 g/mol. The van der Waals surface area contributed by atoms with Gasteiger partial charge in [-0.15, -0.1) is 0 Å². The molecule has 1 atom stereocenters. The molecule has 0 aliphatic heterocycles. The van der Waals surface area contributed by atoms with E-state index in [1.807, 2.05) is 0 Å². The van der Waals surface area contributed by atoms with Crippen LogP contribution in [0.15, 0.2) is 16.5 Å². The highest BCUT2D eigenvalue weighted by molar-refractivity contribution is 6.00. The van der Waals surface area contributed by atoms with Gasteiger partial charge < -0.3 is 14.4 Å². The number of carbonyl (C=O) groups is 2. The van der Waals surface area contributed by atoms with E-state index < -0.39 is 17.9 Å². The molecule has 0 radical (unpaired) electrons. The number of furan rings is 1. The molecule has 1 aromatic heterocycles. The molecule has 0 aliphatic rings. The Morgan fingerprint density at radius 3 is 2.59 bits per heavy atom. The second-order valence-corrected chi connectivity index (χ2v) is 3.77. The molecule has 0 saturated carbocycles. The Bertz CT molecular complexity index is 413. The second kappa shape index (κ2) is 5.49. The van der Waals surface area contributed by atoms with Crippen molar-refractivity contribution in [1.29, 1.82) is 0 Å². The van der Waals surface area contributed by atoms with Gasteiger partial charge in [0.15, 0.2) is 6.04 Å². The van der Waals surface area contributed by atoms with Crippen molar-refractivity contribution in [2.75, 3.05) is 14.1 Å². The fourth-order valence-electron chi connectivity index (χ4n) is 1.45. The van der Waals surface area contributed by atoms with Crippen LogP contribution < -0.4 is 5.32 Å². The lowest BCUT2D eigenvalue weighted by molar-refractivity contribution is -0.147. The quantitative estimate of drug-likeness (QED) is 0.719. The van der Waals surface area contributed by atoms with Gasteiger partial charge in [-0.1, -0.05) is 0 Å². The summed E-state index contributed by atoms with van der Waals surface area (Å²) in [5.74, 6) is -0.322. The first-order valence-corrected chi connectivity index (χ1v) is 5.16. The SMILES string of the molecule is CNC(C(=O)O)C(=O)N(C)Cc1ccc(C)o1. The van der Waals surface area contributed by atoms with Crippen molar-refractivity contribution in [3.8, 4) is 0 Å². The lowest BCUT2D eigenvalue weighted by atomic mass is 10.2. The van der Waals surface area contributed by atoms with Crippen molar-refractivity contribution in [3.05, 3.63) is 23.7 Å². The molecule has 17 heavy (non-hydrogen) atoms. The number of aliphatic carboxylic acids is 1. The average Bonchev–Trinajstić information content (AvgIpc) is 2.64. The van der Waals surface area contributed by atoms with E-state index in [9.17, 15) is 9.59 Å². The summed E-state index contributed by atoms with van der Waals surface area (Å²) in [4.78, 5) is 23.9. The molecule has 1 unspecified atom stereocenters. The Morgan fingerprint density at radius 1 is 1.53 bits per heavy atom. The van der Waals surface area contributed by atoms with Crippen LogP contribution in [0, 0.1) is 6.92 Å². The van der Waals surface area contributed by atoms with Crippen LogP contribution in [0.3, 0.4) is 0 Å². The van der Waals surface area contributed by atoms with Gasteiger partial charge >= 0.3 is 5.97 Å². The first-order chi connectivity index (χ1) is 7.95. The highest BCUT2D eigenvalue weighted by Crippen LogP contribution is 2.09. The van der Waals surface area contributed by atoms with Crippen LogP contribution in [-0.2, 0) is 16.1 Å². The summed E-state index contributed by atoms with van der Waals surface area (Å²) in [6, 6.07) is 2.32. The van der Waals surface area contributed by atoms with Crippen LogP contribution in [0.1, 0.15) is 11.5 Å². The van der Waals surface area contributed by atoms with Gasteiger partial charge in [0, 0.05) is 7.05 Å². The van der Waals surface area contributed by atoms with E-state index in [0.29, 0.717) is 5.76 Å². The number of hydrogen-bond acceptors (Lipinski definition) is 4. The van der Waals surface area contributed by atoms with Crippen molar-refractivity contribution < 1.29 is 19.1 Å². The third kappa shape index (κ3) is 3.32. The normalized spacial score (nSPS) is 12.2. The first-order valence-electron chi connectivity index (χ1n) is 5.16. The Labute approximate surface area is 99.2 Å². The summed E-state index contributed by atoms with van der Waals surface area (Å²) in [5.41, 5.74) is 0. The molecule has 0 fully saturated rings. The van der Waals surface area contributed by atoms with E-state index in [1.54, 1.807) is 19.1 Å². The van der Waals surface area contributed by atoms with Gasteiger partial charge in [0.2, 0.25) is 0 Å². The summed E-state index contributed by atoms with van der Waals surface area (Å²) < 4.78 is 5.32. The van der Waals surface area contributed by atoms with E-state index in [1.165, 1.54) is 19.0 Å². The predicted molar refractivity (Wildman–Crippen MR) is 60.4 cm³/mol. The zero-order valence-corrected chi connectivity index (χ0v) is 10.1. The van der Waals surface area contributed by atoms with Gasteiger partial charge in [-0.2, -0.15) is 0 Å². The molecule has 6 heteroatoms. The molecule has 0 aromatic carbocycles. The maximum absolute atomic E-state index is 11.8. The van der Waals surface area contributed by atoms with Crippen molar-refractivity contribution in [2.45, 2.75) is 19.5 Å². The van der Waals surface area contributed by atoms with Gasteiger partial charge in [0.05, 0.1) is 6.54 Å². The Balaban J connectivity index is 2.66. The smallest absolute Gasteiger partial charge is 0.330 e. The molecule has 0 saturated heterocycles. The van der Waals surface area contributed by atoms with Crippen LogP contribution in [-0.4, -0.2) is 42.0 Å². The number of nitrogens with one attached hydrogen (secondary N) is 1. The van der Waals surface area contributed by atoms with E-state index in [-0.39, 0.29) is 6.54 Å². The van der Waals surface area contributed by atoms with Gasteiger partial charge in [-0.3, -0.25) is 10.1 Å². The highest BCUT2D eigenvalue weighted by atomic mass is 16.4. The minimum Gasteiger partial charge on any atom is -0.480 e. The number of amides is 1. The lowest BCUT2D eigenvalue weighted by Gasteiger charge is -2.19. The van der Waals surface area contributed by atoms with Crippen molar-refractivity contribution in [1.82, 2.24) is 10.2 Å². The number of carboxylic acid groups (broad SMARTS) is 1. The van der Waals surface area contributed by atoms with Crippen LogP contribution in [0.25, 0.3) is 0 Å². The number of carboxylic acids is 1. The minimum absolute atomic E-state index is 0.248. The fraction of sp³-hybridized carbons (Fsp3) is 0.455. The van der Waals surface area contributed by atoms with E-state index in [4.69, 9.17) is 9.52 Å². The summed E-state index contributed by atoms with van der Waals surface area (Å²) in [5, 5.41) is 11.3. The molecule has 1 amide bonds. The third-order valence-electron chi connectivity index (χ3n) is 2.35. The van der Waals surface area contributed by atoms with Crippen LogP contribution in [0.4, 0.5) is 0 Å². The van der Waals surface area contributed by atoms with Gasteiger partial charge in [-0.25, -0.2) is 4.79 Å². The summed E-state index contributed by atoms with van der Waals surface area (Å²) >= 11 is 0. The van der Waals surface area contributed by atoms with Crippen molar-refractivity contribution in [2.24, 2.45) is 0 Å². The molecule has 0 spiro atoms. The Hall–Kier alpha value is -1.82. The maximum atomic E-state index is 11.8. The molecule has 1 rings (SSSR count). The minimum atomic E-state index is -1.23. The highest BCUT2D eigenvalue weighted by Gasteiger charge is 2.27. The molecule has 6 nitrogen and oxygen atoms in total. The van der Waals surface area contributed by atoms with Crippen LogP contribution in [0.5, 0.6) is 0 Å². The summed E-state index contributed by atoms with van der Waals surface area (Å²) in [6.45, 7) is 2.05. The Morgan fingerprint density at radius 2 is 2.18 bits per heavy atom. The van der Waals surface area contributed by atoms with E-state index in [0.717, 1.165) is 5.76 Å². The van der Waals surface area contributed by atoms with Gasteiger partial charge in [0.1, 0.15) is 11.5 Å². The zero-order valence-electron chi connectivity index (χ0n) is 10.1. The number of aryl methyl sites for hydroxylation is 1. The summed E-state index contributed by atoms with van der Waals surface area (Å²) in [6.07, 6.45) is 0. The molecule has 0 aliphatic carbocycles. The van der Waals surface area contributed by atoms with Crippen LogP contribution in [0.2, 0.25) is 0 Å². The van der Waals surface area contributed by atoms with Gasteiger partial charge in [-0.05, 0) is 26.1 Å². The first kappa shape index (κ1) is 13.2. The topological polar surface area (TPSA) is 82.8 Å². The van der Waals surface area contributed by atoms with Crippen molar-refractivity contribution >= 4 is 11.9 Å². The molecule has 1 heterocycles. The Kier molecular flexibility index (Phi) is 4.28.